The lowest BCUT2D eigenvalue weighted by atomic mass is 9.83. The Hall–Kier alpha value is -0.160. The Balaban J connectivity index is 2.52. The van der Waals surface area contributed by atoms with Crippen molar-refractivity contribution in [2.45, 2.75) is 31.2 Å². The Morgan fingerprint density at radius 2 is 1.64 bits per heavy atom. The van der Waals surface area contributed by atoms with Crippen LogP contribution in [0.5, 0.6) is 0 Å². The van der Waals surface area contributed by atoms with Gasteiger partial charge in [0.25, 0.3) is 0 Å². The molecule has 1 fully saturated rings. The van der Waals surface area contributed by atoms with Crippen molar-refractivity contribution >= 4 is 0 Å². The molecule has 0 aromatic heterocycles. The van der Waals surface area contributed by atoms with E-state index in [0.29, 0.717) is 12.8 Å². The molecule has 0 radical (unpaired) electrons. The second-order valence-corrected chi connectivity index (χ2v) is 3.07. The number of hydrogen-bond acceptors (Lipinski definition) is 4. The summed E-state index contributed by atoms with van der Waals surface area (Å²) in [6, 6.07) is 0. The standard InChI is InChI=1S/C7H14O4/c8-3-4-1-2-5(9)7(11)6(4)10/h4-11H,1-3H2/t4-,5+,6-,7-/m0/s1. The van der Waals surface area contributed by atoms with Crippen LogP contribution in [0, 0.1) is 5.92 Å². The fourth-order valence-corrected chi connectivity index (χ4v) is 1.43. The van der Waals surface area contributed by atoms with Gasteiger partial charge in [0.1, 0.15) is 6.10 Å². The summed E-state index contributed by atoms with van der Waals surface area (Å²) in [6.45, 7) is -0.134. The minimum atomic E-state index is -1.10. The molecule has 0 heterocycles. The molecule has 66 valence electrons. The third-order valence-corrected chi connectivity index (χ3v) is 2.29. The van der Waals surface area contributed by atoms with Crippen molar-refractivity contribution in [1.82, 2.24) is 0 Å². The van der Waals surface area contributed by atoms with Crippen LogP contribution in [0.25, 0.3) is 0 Å². The van der Waals surface area contributed by atoms with Crippen LogP contribution in [0.4, 0.5) is 0 Å². The second-order valence-electron chi connectivity index (χ2n) is 3.07. The van der Waals surface area contributed by atoms with Gasteiger partial charge in [0, 0.05) is 12.5 Å². The van der Waals surface area contributed by atoms with Crippen molar-refractivity contribution in [3.8, 4) is 0 Å². The van der Waals surface area contributed by atoms with Gasteiger partial charge in [-0.2, -0.15) is 0 Å². The maximum Gasteiger partial charge on any atom is 0.106 e. The van der Waals surface area contributed by atoms with Gasteiger partial charge in [-0.15, -0.1) is 0 Å². The SMILES string of the molecule is OC[C@@H]1CC[C@@H](O)[C@H](O)[C@H]1O. The first-order valence-electron chi connectivity index (χ1n) is 3.82. The summed E-state index contributed by atoms with van der Waals surface area (Å²) in [7, 11) is 0. The van der Waals surface area contributed by atoms with Crippen LogP contribution >= 0.6 is 0 Å². The molecular formula is C7H14O4. The maximum atomic E-state index is 9.24. The zero-order valence-corrected chi connectivity index (χ0v) is 6.22. The Kier molecular flexibility index (Phi) is 2.84. The molecule has 11 heavy (non-hydrogen) atoms. The molecular weight excluding hydrogens is 148 g/mol. The van der Waals surface area contributed by atoms with Crippen molar-refractivity contribution < 1.29 is 20.4 Å². The van der Waals surface area contributed by atoms with Gasteiger partial charge < -0.3 is 20.4 Å². The van der Waals surface area contributed by atoms with E-state index in [0.717, 1.165) is 0 Å². The maximum absolute atomic E-state index is 9.24. The van der Waals surface area contributed by atoms with Crippen LogP contribution in [0.1, 0.15) is 12.8 Å². The van der Waals surface area contributed by atoms with E-state index in [1.807, 2.05) is 0 Å². The molecule has 0 aromatic rings. The van der Waals surface area contributed by atoms with Gasteiger partial charge in [-0.1, -0.05) is 0 Å². The molecule has 0 aromatic carbocycles. The highest BCUT2D eigenvalue weighted by Gasteiger charge is 2.35. The molecule has 1 rings (SSSR count). The average molecular weight is 162 g/mol. The Morgan fingerprint density at radius 3 is 2.18 bits per heavy atom. The lowest BCUT2D eigenvalue weighted by Gasteiger charge is -2.33. The van der Waals surface area contributed by atoms with E-state index in [4.69, 9.17) is 15.3 Å². The third-order valence-electron chi connectivity index (χ3n) is 2.29. The van der Waals surface area contributed by atoms with Crippen LogP contribution in [-0.2, 0) is 0 Å². The van der Waals surface area contributed by atoms with E-state index in [2.05, 4.69) is 0 Å². The summed E-state index contributed by atoms with van der Waals surface area (Å²) < 4.78 is 0. The molecule has 0 aliphatic heterocycles. The van der Waals surface area contributed by atoms with Crippen LogP contribution in [0.2, 0.25) is 0 Å². The highest BCUT2D eigenvalue weighted by molar-refractivity contribution is 4.86. The Bertz CT molecular complexity index is 126. The molecule has 4 atom stereocenters. The van der Waals surface area contributed by atoms with Crippen LogP contribution in [-0.4, -0.2) is 45.3 Å². The summed E-state index contributed by atoms with van der Waals surface area (Å²) in [4.78, 5) is 0. The van der Waals surface area contributed by atoms with Gasteiger partial charge in [0.2, 0.25) is 0 Å². The number of rotatable bonds is 1. The van der Waals surface area contributed by atoms with Crippen molar-refractivity contribution in [3.63, 3.8) is 0 Å². The molecule has 4 nitrogen and oxygen atoms in total. The van der Waals surface area contributed by atoms with Gasteiger partial charge in [0.15, 0.2) is 0 Å². The summed E-state index contributed by atoms with van der Waals surface area (Å²) in [5.41, 5.74) is 0. The highest BCUT2D eigenvalue weighted by Crippen LogP contribution is 2.24. The lowest BCUT2D eigenvalue weighted by molar-refractivity contribution is -0.118. The summed E-state index contributed by atoms with van der Waals surface area (Å²) in [5.74, 6) is -0.284. The average Bonchev–Trinajstić information content (AvgIpc) is 2.01. The number of aliphatic hydroxyl groups excluding tert-OH is 4. The summed E-state index contributed by atoms with van der Waals surface area (Å²) in [5, 5.41) is 36.2. The molecule has 4 heteroatoms. The molecule has 0 bridgehead atoms. The predicted molar refractivity (Wildman–Crippen MR) is 37.8 cm³/mol. The normalized spacial score (nSPS) is 45.8. The first kappa shape index (κ1) is 8.93. The molecule has 4 N–H and O–H groups in total. The van der Waals surface area contributed by atoms with Gasteiger partial charge in [0.05, 0.1) is 12.2 Å². The highest BCUT2D eigenvalue weighted by atomic mass is 16.4. The van der Waals surface area contributed by atoms with E-state index in [9.17, 15) is 5.11 Å². The summed E-state index contributed by atoms with van der Waals surface area (Å²) in [6.07, 6.45) is -1.91. The van der Waals surface area contributed by atoms with Crippen molar-refractivity contribution in [2.24, 2.45) is 5.92 Å². The first-order valence-corrected chi connectivity index (χ1v) is 3.82. The zero-order valence-electron chi connectivity index (χ0n) is 6.22. The van der Waals surface area contributed by atoms with E-state index >= 15 is 0 Å². The van der Waals surface area contributed by atoms with Crippen molar-refractivity contribution in [1.29, 1.82) is 0 Å². The number of aliphatic hydroxyl groups is 4. The monoisotopic (exact) mass is 162 g/mol. The van der Waals surface area contributed by atoms with Crippen LogP contribution in [0.3, 0.4) is 0 Å². The van der Waals surface area contributed by atoms with Gasteiger partial charge >= 0.3 is 0 Å². The van der Waals surface area contributed by atoms with E-state index in [1.165, 1.54) is 0 Å². The Morgan fingerprint density at radius 1 is 1.00 bits per heavy atom. The molecule has 1 aliphatic carbocycles. The molecule has 0 spiro atoms. The van der Waals surface area contributed by atoms with Gasteiger partial charge in [-0.25, -0.2) is 0 Å². The largest absolute Gasteiger partial charge is 0.396 e. The van der Waals surface area contributed by atoms with Crippen LogP contribution < -0.4 is 0 Å². The third kappa shape index (κ3) is 1.70. The summed E-state index contributed by atoms with van der Waals surface area (Å²) >= 11 is 0. The predicted octanol–water partition coefficient (Wildman–Crippen LogP) is -1.53. The van der Waals surface area contributed by atoms with Crippen molar-refractivity contribution in [2.75, 3.05) is 6.61 Å². The van der Waals surface area contributed by atoms with Gasteiger partial charge in [-0.05, 0) is 12.8 Å². The van der Waals surface area contributed by atoms with E-state index < -0.39 is 18.3 Å². The number of hydrogen-bond donors (Lipinski definition) is 4. The molecule has 1 aliphatic rings. The van der Waals surface area contributed by atoms with E-state index in [-0.39, 0.29) is 12.5 Å². The second kappa shape index (κ2) is 3.49. The first-order chi connectivity index (χ1) is 5.16. The fraction of sp³-hybridized carbons (Fsp3) is 1.00. The quantitative estimate of drug-likeness (QED) is 0.377. The van der Waals surface area contributed by atoms with Crippen LogP contribution in [0.15, 0.2) is 0 Å². The fourth-order valence-electron chi connectivity index (χ4n) is 1.43. The topological polar surface area (TPSA) is 80.9 Å². The molecule has 1 saturated carbocycles. The minimum Gasteiger partial charge on any atom is -0.396 e. The van der Waals surface area contributed by atoms with E-state index in [1.54, 1.807) is 0 Å². The lowest BCUT2D eigenvalue weighted by Crippen LogP contribution is -2.47. The molecule has 0 unspecified atom stereocenters. The smallest absolute Gasteiger partial charge is 0.106 e. The van der Waals surface area contributed by atoms with Crippen molar-refractivity contribution in [3.05, 3.63) is 0 Å². The zero-order chi connectivity index (χ0) is 8.43. The van der Waals surface area contributed by atoms with Gasteiger partial charge in [-0.3, -0.25) is 0 Å². The molecule has 0 saturated heterocycles. The molecule has 0 amide bonds. The Labute approximate surface area is 65.1 Å². The minimum absolute atomic E-state index is 0.134.